The highest BCUT2D eigenvalue weighted by Gasteiger charge is 2.29. The van der Waals surface area contributed by atoms with E-state index >= 15 is 0 Å². The fraction of sp³-hybridized carbons (Fsp3) is 0.333. The van der Waals surface area contributed by atoms with E-state index in [1.165, 1.54) is 21.9 Å². The van der Waals surface area contributed by atoms with E-state index < -0.39 is 22.3 Å². The third-order valence-electron chi connectivity index (χ3n) is 3.19. The highest BCUT2D eigenvalue weighted by atomic mass is 16.6. The topological polar surface area (TPSA) is 104 Å². The summed E-state index contributed by atoms with van der Waals surface area (Å²) in [6, 6.07) is 3.73. The molecule has 0 bridgehead atoms. The number of amides is 2. The molecule has 20 heavy (non-hydrogen) atoms. The summed E-state index contributed by atoms with van der Waals surface area (Å²) in [5.41, 5.74) is -0.701. The van der Waals surface area contributed by atoms with Crippen molar-refractivity contribution in [3.8, 4) is 5.75 Å². The molecule has 1 aliphatic rings. The van der Waals surface area contributed by atoms with Crippen molar-refractivity contribution < 1.29 is 19.6 Å². The summed E-state index contributed by atoms with van der Waals surface area (Å²) in [7, 11) is 1.63. The van der Waals surface area contributed by atoms with Crippen LogP contribution >= 0.6 is 0 Å². The first-order chi connectivity index (χ1) is 9.41. The number of rotatable bonds is 2. The van der Waals surface area contributed by atoms with Gasteiger partial charge in [-0.15, -0.1) is 0 Å². The summed E-state index contributed by atoms with van der Waals surface area (Å²) >= 11 is 0. The molecule has 0 unspecified atom stereocenters. The van der Waals surface area contributed by atoms with Crippen LogP contribution in [0.2, 0.25) is 0 Å². The minimum atomic E-state index is -0.763. The Kier molecular flexibility index (Phi) is 3.55. The van der Waals surface area contributed by atoms with E-state index in [1.807, 2.05) is 0 Å². The molecule has 1 fully saturated rings. The van der Waals surface area contributed by atoms with Gasteiger partial charge in [0.15, 0.2) is 0 Å². The lowest BCUT2D eigenvalue weighted by atomic mass is 10.1. The highest BCUT2D eigenvalue weighted by molar-refractivity contribution is 6.00. The Morgan fingerprint density at radius 1 is 1.40 bits per heavy atom. The predicted molar refractivity (Wildman–Crippen MR) is 68.3 cm³/mol. The highest BCUT2D eigenvalue weighted by Crippen LogP contribution is 2.30. The van der Waals surface area contributed by atoms with E-state index in [-0.39, 0.29) is 18.0 Å². The summed E-state index contributed by atoms with van der Waals surface area (Å²) in [5.74, 6) is -1.48. The van der Waals surface area contributed by atoms with Crippen molar-refractivity contribution in [3.63, 3.8) is 0 Å². The number of nitro groups is 1. The lowest BCUT2D eigenvalue weighted by molar-refractivity contribution is -0.385. The van der Waals surface area contributed by atoms with Crippen molar-refractivity contribution in [2.24, 2.45) is 0 Å². The van der Waals surface area contributed by atoms with E-state index in [0.29, 0.717) is 13.1 Å². The van der Waals surface area contributed by atoms with Gasteiger partial charge in [0, 0.05) is 26.2 Å². The lowest BCUT2D eigenvalue weighted by Crippen LogP contribution is -2.50. The fourth-order valence-electron chi connectivity index (χ4n) is 1.95. The maximum atomic E-state index is 12.2. The van der Waals surface area contributed by atoms with Crippen molar-refractivity contribution in [2.45, 2.75) is 0 Å². The molecular weight excluding hydrogens is 266 g/mol. The number of likely N-dealkylation sites (N-methyl/N-ethyl adjacent to an activating group) is 1. The smallest absolute Gasteiger partial charge is 0.311 e. The molecular formula is C12H13N3O5. The summed E-state index contributed by atoms with van der Waals surface area (Å²) in [4.78, 5) is 36.5. The molecule has 1 aromatic rings. The van der Waals surface area contributed by atoms with E-state index in [0.717, 1.165) is 6.07 Å². The summed E-state index contributed by atoms with van der Waals surface area (Å²) in [6.45, 7) is 0.612. The van der Waals surface area contributed by atoms with Crippen molar-refractivity contribution in [1.29, 1.82) is 0 Å². The van der Waals surface area contributed by atoms with Crippen LogP contribution in [-0.4, -0.2) is 58.3 Å². The Morgan fingerprint density at radius 2 is 2.10 bits per heavy atom. The van der Waals surface area contributed by atoms with Crippen LogP contribution in [-0.2, 0) is 4.79 Å². The maximum Gasteiger partial charge on any atom is 0.311 e. The third kappa shape index (κ3) is 2.40. The number of carbonyl (C=O) groups excluding carboxylic acids is 2. The number of hydrogen-bond donors (Lipinski definition) is 1. The Hall–Kier alpha value is -2.64. The van der Waals surface area contributed by atoms with Gasteiger partial charge in [0.05, 0.1) is 10.5 Å². The van der Waals surface area contributed by atoms with Crippen LogP contribution < -0.4 is 0 Å². The molecule has 1 heterocycles. The minimum absolute atomic E-state index is 0.0997. The zero-order valence-electron chi connectivity index (χ0n) is 10.8. The summed E-state index contributed by atoms with van der Waals surface area (Å²) in [5, 5.41) is 20.5. The second kappa shape index (κ2) is 5.16. The Labute approximate surface area is 114 Å². The average Bonchev–Trinajstić information content (AvgIpc) is 2.41. The van der Waals surface area contributed by atoms with Gasteiger partial charge in [-0.05, 0) is 6.07 Å². The molecule has 2 amide bonds. The Bertz CT molecular complexity index is 586. The number of nitrogens with zero attached hydrogens (tertiary/aromatic N) is 3. The van der Waals surface area contributed by atoms with Gasteiger partial charge in [-0.2, -0.15) is 0 Å². The molecule has 0 aliphatic carbocycles. The predicted octanol–water partition coefficient (Wildman–Crippen LogP) is 0.215. The van der Waals surface area contributed by atoms with E-state index in [1.54, 1.807) is 7.05 Å². The standard InChI is InChI=1S/C12H13N3O5/c1-13-5-6-14(7-10(13)16)12(18)8-3-2-4-9(11(8)17)15(19)20/h2-4,17H,5-7H2,1H3. The maximum absolute atomic E-state index is 12.2. The van der Waals surface area contributed by atoms with Gasteiger partial charge in [-0.1, -0.05) is 6.07 Å². The van der Waals surface area contributed by atoms with Gasteiger partial charge in [0.1, 0.15) is 6.54 Å². The van der Waals surface area contributed by atoms with Gasteiger partial charge in [-0.3, -0.25) is 19.7 Å². The number of nitro benzene ring substituents is 1. The second-order valence-electron chi connectivity index (χ2n) is 4.47. The molecule has 8 nitrogen and oxygen atoms in total. The van der Waals surface area contributed by atoms with Gasteiger partial charge in [0.25, 0.3) is 5.91 Å². The van der Waals surface area contributed by atoms with Crippen molar-refractivity contribution in [3.05, 3.63) is 33.9 Å². The molecule has 0 saturated carbocycles. The quantitative estimate of drug-likeness (QED) is 0.615. The van der Waals surface area contributed by atoms with Gasteiger partial charge in [-0.25, -0.2) is 0 Å². The second-order valence-corrected chi connectivity index (χ2v) is 4.47. The van der Waals surface area contributed by atoms with Crippen LogP contribution in [0.25, 0.3) is 0 Å². The Balaban J connectivity index is 2.28. The van der Waals surface area contributed by atoms with Crippen LogP contribution in [0, 0.1) is 10.1 Å². The monoisotopic (exact) mass is 279 g/mol. The number of hydrogen-bond acceptors (Lipinski definition) is 5. The van der Waals surface area contributed by atoms with Crippen LogP contribution in [0.1, 0.15) is 10.4 Å². The fourth-order valence-corrected chi connectivity index (χ4v) is 1.95. The first-order valence-electron chi connectivity index (χ1n) is 5.91. The number of aromatic hydroxyl groups is 1. The molecule has 106 valence electrons. The molecule has 1 N–H and O–H groups in total. The number of phenols is 1. The molecule has 1 aliphatic heterocycles. The molecule has 0 radical (unpaired) electrons. The normalized spacial score (nSPS) is 15.3. The van der Waals surface area contributed by atoms with Gasteiger partial charge < -0.3 is 14.9 Å². The molecule has 1 saturated heterocycles. The zero-order chi connectivity index (χ0) is 14.9. The van der Waals surface area contributed by atoms with E-state index in [9.17, 15) is 24.8 Å². The summed E-state index contributed by atoms with van der Waals surface area (Å²) < 4.78 is 0. The average molecular weight is 279 g/mol. The number of carbonyl (C=O) groups is 2. The van der Waals surface area contributed by atoms with Crippen LogP contribution in [0.15, 0.2) is 18.2 Å². The van der Waals surface area contributed by atoms with Crippen molar-refractivity contribution >= 4 is 17.5 Å². The number of para-hydroxylation sites is 1. The number of piperazine rings is 1. The largest absolute Gasteiger partial charge is 0.502 e. The number of benzene rings is 1. The SMILES string of the molecule is CN1CCN(C(=O)c2cccc([N+](=O)[O-])c2O)CC1=O. The van der Waals surface area contributed by atoms with Crippen molar-refractivity contribution in [1.82, 2.24) is 9.80 Å². The minimum Gasteiger partial charge on any atom is -0.502 e. The molecule has 2 rings (SSSR count). The van der Waals surface area contributed by atoms with E-state index in [2.05, 4.69) is 0 Å². The van der Waals surface area contributed by atoms with Crippen LogP contribution in [0.3, 0.4) is 0 Å². The molecule has 0 atom stereocenters. The first kappa shape index (κ1) is 13.8. The van der Waals surface area contributed by atoms with Gasteiger partial charge >= 0.3 is 5.69 Å². The third-order valence-corrected chi connectivity index (χ3v) is 3.19. The van der Waals surface area contributed by atoms with Crippen LogP contribution in [0.4, 0.5) is 5.69 Å². The molecule has 8 heteroatoms. The zero-order valence-corrected chi connectivity index (χ0v) is 10.8. The van der Waals surface area contributed by atoms with Crippen LogP contribution in [0.5, 0.6) is 5.75 Å². The summed E-state index contributed by atoms with van der Waals surface area (Å²) in [6.07, 6.45) is 0. The lowest BCUT2D eigenvalue weighted by Gasteiger charge is -2.32. The first-order valence-corrected chi connectivity index (χ1v) is 5.91. The Morgan fingerprint density at radius 3 is 2.70 bits per heavy atom. The molecule has 0 aromatic heterocycles. The van der Waals surface area contributed by atoms with Crippen molar-refractivity contribution in [2.75, 3.05) is 26.7 Å². The molecule has 0 spiro atoms. The molecule has 1 aromatic carbocycles. The number of phenolic OH excluding ortho intramolecular Hbond substituents is 1. The van der Waals surface area contributed by atoms with Gasteiger partial charge in [0.2, 0.25) is 11.7 Å². The van der Waals surface area contributed by atoms with E-state index in [4.69, 9.17) is 0 Å².